The Hall–Kier alpha value is -3.93. The Bertz CT molecular complexity index is 1050. The van der Waals surface area contributed by atoms with Crippen LogP contribution in [0.1, 0.15) is 25.8 Å². The van der Waals surface area contributed by atoms with Crippen molar-refractivity contribution >= 4 is 40.5 Å². The molecule has 4 atom stereocenters. The molecule has 1 heterocycles. The van der Waals surface area contributed by atoms with E-state index in [0.717, 1.165) is 16.5 Å². The van der Waals surface area contributed by atoms with Gasteiger partial charge in [0.1, 0.15) is 18.1 Å². The second-order valence-electron chi connectivity index (χ2n) is 7.70. The fourth-order valence-corrected chi connectivity index (χ4v) is 3.10. The zero-order chi connectivity index (χ0) is 24.7. The standard InChI is InChI=1S/C21H28N6O6/c1-10(18(29)26-11(2)21(32)33)25-20(31)16(27-19(30)14(22)8-17(23)28)7-12-9-24-15-6-4-3-5-13(12)15/h3-6,9-11,14,16,24H,7-8,22H2,1-2H3,(H2,23,28)(H,25,31)(H,26,29)(H,27,30)(H,32,33). The van der Waals surface area contributed by atoms with Gasteiger partial charge >= 0.3 is 5.97 Å². The first-order chi connectivity index (χ1) is 15.5. The van der Waals surface area contributed by atoms with E-state index >= 15 is 0 Å². The van der Waals surface area contributed by atoms with Crippen LogP contribution in [0.3, 0.4) is 0 Å². The van der Waals surface area contributed by atoms with Crippen LogP contribution in [0.25, 0.3) is 10.9 Å². The van der Waals surface area contributed by atoms with Crippen molar-refractivity contribution in [2.75, 3.05) is 0 Å². The van der Waals surface area contributed by atoms with Gasteiger partial charge in [0, 0.05) is 23.5 Å². The number of para-hydroxylation sites is 1. The average Bonchev–Trinajstić information content (AvgIpc) is 3.15. The molecular formula is C21H28N6O6. The van der Waals surface area contributed by atoms with Gasteiger partial charge in [-0.25, -0.2) is 0 Å². The van der Waals surface area contributed by atoms with E-state index in [0.29, 0.717) is 0 Å². The SMILES string of the molecule is CC(NC(=O)C(C)NC(=O)C(Cc1c[nH]c2ccccc12)NC(=O)C(N)CC(N)=O)C(=O)O. The van der Waals surface area contributed by atoms with Crippen LogP contribution in [-0.2, 0) is 30.4 Å². The Kier molecular flexibility index (Phi) is 8.51. The van der Waals surface area contributed by atoms with Crippen molar-refractivity contribution < 1.29 is 29.1 Å². The van der Waals surface area contributed by atoms with Crippen LogP contribution in [0.15, 0.2) is 30.5 Å². The Morgan fingerprint density at radius 2 is 1.61 bits per heavy atom. The fourth-order valence-electron chi connectivity index (χ4n) is 3.10. The number of nitrogens with one attached hydrogen (secondary N) is 4. The molecule has 0 saturated heterocycles. The van der Waals surface area contributed by atoms with Crippen LogP contribution >= 0.6 is 0 Å². The molecule has 12 nitrogen and oxygen atoms in total. The molecule has 12 heteroatoms. The predicted octanol–water partition coefficient (Wildman–Crippen LogP) is -1.51. The van der Waals surface area contributed by atoms with E-state index in [1.54, 1.807) is 6.20 Å². The predicted molar refractivity (Wildman–Crippen MR) is 119 cm³/mol. The summed E-state index contributed by atoms with van der Waals surface area (Å²) in [5.41, 5.74) is 12.3. The van der Waals surface area contributed by atoms with E-state index in [4.69, 9.17) is 16.6 Å². The molecule has 0 aliphatic heterocycles. The third-order valence-corrected chi connectivity index (χ3v) is 4.97. The fraction of sp³-hybridized carbons (Fsp3) is 0.381. The highest BCUT2D eigenvalue weighted by atomic mass is 16.4. The second kappa shape index (κ2) is 11.1. The van der Waals surface area contributed by atoms with Gasteiger partial charge < -0.3 is 37.5 Å². The van der Waals surface area contributed by atoms with E-state index in [2.05, 4.69) is 20.9 Å². The minimum atomic E-state index is -1.25. The molecule has 178 valence electrons. The maximum Gasteiger partial charge on any atom is 0.325 e. The third-order valence-electron chi connectivity index (χ3n) is 4.97. The van der Waals surface area contributed by atoms with Gasteiger partial charge in [-0.3, -0.25) is 24.0 Å². The van der Waals surface area contributed by atoms with Crippen LogP contribution in [-0.4, -0.2) is 63.9 Å². The average molecular weight is 460 g/mol. The van der Waals surface area contributed by atoms with E-state index in [9.17, 15) is 24.0 Å². The molecule has 0 fully saturated rings. The minimum absolute atomic E-state index is 0.0603. The summed E-state index contributed by atoms with van der Waals surface area (Å²) < 4.78 is 0. The summed E-state index contributed by atoms with van der Waals surface area (Å²) in [5.74, 6) is -4.15. The van der Waals surface area contributed by atoms with Gasteiger partial charge in [0.2, 0.25) is 23.6 Å². The molecule has 2 aromatic rings. The molecular weight excluding hydrogens is 432 g/mol. The van der Waals surface area contributed by atoms with Gasteiger partial charge in [0.25, 0.3) is 0 Å². The van der Waals surface area contributed by atoms with Crippen molar-refractivity contribution in [2.24, 2.45) is 11.5 Å². The Morgan fingerprint density at radius 1 is 0.970 bits per heavy atom. The van der Waals surface area contributed by atoms with Gasteiger partial charge in [-0.1, -0.05) is 18.2 Å². The molecule has 0 spiro atoms. The van der Waals surface area contributed by atoms with E-state index in [-0.39, 0.29) is 6.42 Å². The number of carboxylic acids is 1. The smallest absolute Gasteiger partial charge is 0.325 e. The molecule has 9 N–H and O–H groups in total. The number of carboxylic acid groups (broad SMARTS) is 1. The summed E-state index contributed by atoms with van der Waals surface area (Å²) in [6.07, 6.45) is 1.36. The first kappa shape index (κ1) is 25.3. The first-order valence-electron chi connectivity index (χ1n) is 10.2. The number of benzene rings is 1. The summed E-state index contributed by atoms with van der Waals surface area (Å²) in [7, 11) is 0. The monoisotopic (exact) mass is 460 g/mol. The van der Waals surface area contributed by atoms with Crippen molar-refractivity contribution in [3.63, 3.8) is 0 Å². The van der Waals surface area contributed by atoms with Crippen molar-refractivity contribution in [1.29, 1.82) is 0 Å². The molecule has 0 aliphatic carbocycles. The zero-order valence-corrected chi connectivity index (χ0v) is 18.3. The molecule has 1 aromatic carbocycles. The molecule has 0 radical (unpaired) electrons. The van der Waals surface area contributed by atoms with Crippen LogP contribution < -0.4 is 27.4 Å². The molecule has 33 heavy (non-hydrogen) atoms. The van der Waals surface area contributed by atoms with Crippen molar-refractivity contribution in [3.8, 4) is 0 Å². The van der Waals surface area contributed by atoms with Gasteiger partial charge in [-0.05, 0) is 25.5 Å². The number of aromatic amines is 1. The number of nitrogens with two attached hydrogens (primary N) is 2. The van der Waals surface area contributed by atoms with Crippen molar-refractivity contribution in [3.05, 3.63) is 36.0 Å². The molecule has 4 unspecified atom stereocenters. The third kappa shape index (κ3) is 7.04. The summed E-state index contributed by atoms with van der Waals surface area (Å²) in [4.78, 5) is 62.7. The van der Waals surface area contributed by atoms with Crippen LogP contribution in [0.4, 0.5) is 0 Å². The number of rotatable bonds is 11. The van der Waals surface area contributed by atoms with Crippen LogP contribution in [0.2, 0.25) is 0 Å². The van der Waals surface area contributed by atoms with Crippen molar-refractivity contribution in [1.82, 2.24) is 20.9 Å². The number of primary amides is 1. The lowest BCUT2D eigenvalue weighted by atomic mass is 10.0. The normalized spacial score (nSPS) is 14.5. The molecule has 1 aromatic heterocycles. The maximum absolute atomic E-state index is 13.0. The zero-order valence-electron chi connectivity index (χ0n) is 18.3. The molecule has 0 aliphatic rings. The van der Waals surface area contributed by atoms with Crippen molar-refractivity contribution in [2.45, 2.75) is 50.9 Å². The van der Waals surface area contributed by atoms with Gasteiger partial charge in [-0.15, -0.1) is 0 Å². The highest BCUT2D eigenvalue weighted by Gasteiger charge is 2.28. The molecule has 2 rings (SSSR count). The minimum Gasteiger partial charge on any atom is -0.480 e. The van der Waals surface area contributed by atoms with Gasteiger partial charge in [0.15, 0.2) is 0 Å². The van der Waals surface area contributed by atoms with Crippen LogP contribution in [0, 0.1) is 0 Å². The van der Waals surface area contributed by atoms with Gasteiger partial charge in [0.05, 0.1) is 12.5 Å². The lowest BCUT2D eigenvalue weighted by molar-refractivity contribution is -0.141. The molecule has 0 bridgehead atoms. The summed E-state index contributed by atoms with van der Waals surface area (Å²) in [5, 5.41) is 17.0. The number of hydrogen-bond acceptors (Lipinski definition) is 6. The Labute approximate surface area is 189 Å². The summed E-state index contributed by atoms with van der Waals surface area (Å²) in [6, 6.07) is 2.75. The number of carbonyl (C=O) groups excluding carboxylic acids is 4. The number of hydrogen-bond donors (Lipinski definition) is 7. The molecule has 4 amide bonds. The van der Waals surface area contributed by atoms with Gasteiger partial charge in [-0.2, -0.15) is 0 Å². The van der Waals surface area contributed by atoms with E-state index < -0.39 is 60.2 Å². The quantitative estimate of drug-likeness (QED) is 0.210. The number of aliphatic carboxylic acids is 1. The highest BCUT2D eigenvalue weighted by molar-refractivity contribution is 5.95. The molecule has 0 saturated carbocycles. The van der Waals surface area contributed by atoms with E-state index in [1.165, 1.54) is 13.8 Å². The number of amides is 4. The number of H-pyrrole nitrogens is 1. The number of fused-ring (bicyclic) bond motifs is 1. The maximum atomic E-state index is 13.0. The Morgan fingerprint density at radius 3 is 2.24 bits per heavy atom. The topological polar surface area (TPSA) is 210 Å². The highest BCUT2D eigenvalue weighted by Crippen LogP contribution is 2.19. The van der Waals surface area contributed by atoms with Crippen LogP contribution in [0.5, 0.6) is 0 Å². The second-order valence-corrected chi connectivity index (χ2v) is 7.70. The lowest BCUT2D eigenvalue weighted by Crippen LogP contribution is -2.56. The van der Waals surface area contributed by atoms with E-state index in [1.807, 2.05) is 24.3 Å². The number of aromatic nitrogens is 1. The largest absolute Gasteiger partial charge is 0.480 e. The summed E-state index contributed by atoms with van der Waals surface area (Å²) >= 11 is 0. The Balaban J connectivity index is 2.19. The number of carbonyl (C=O) groups is 5. The lowest BCUT2D eigenvalue weighted by Gasteiger charge is -2.23. The summed E-state index contributed by atoms with van der Waals surface area (Å²) in [6.45, 7) is 2.67. The first-order valence-corrected chi connectivity index (χ1v) is 10.2.